The molecular formula is C23H27N6O4S+. The minimum Gasteiger partial charge on any atom is -0.326 e. The van der Waals surface area contributed by atoms with Gasteiger partial charge in [0.1, 0.15) is 5.04 Å². The van der Waals surface area contributed by atoms with E-state index in [-0.39, 0.29) is 23.5 Å². The van der Waals surface area contributed by atoms with Crippen LogP contribution in [0.2, 0.25) is 0 Å². The molecule has 1 atom stereocenters. The maximum atomic E-state index is 13.0. The quantitative estimate of drug-likeness (QED) is 0.623. The molecule has 11 heteroatoms. The lowest BCUT2D eigenvalue weighted by Crippen LogP contribution is -2.55. The van der Waals surface area contributed by atoms with Gasteiger partial charge in [0.2, 0.25) is 17.6 Å². The Morgan fingerprint density at radius 2 is 1.82 bits per heavy atom. The average molecular weight is 484 g/mol. The maximum Gasteiger partial charge on any atom is 0.445 e. The third-order valence-corrected chi connectivity index (χ3v) is 7.02. The van der Waals surface area contributed by atoms with Crippen molar-refractivity contribution in [3.05, 3.63) is 24.3 Å². The van der Waals surface area contributed by atoms with Crippen molar-refractivity contribution in [1.82, 2.24) is 4.90 Å². The van der Waals surface area contributed by atoms with Crippen molar-refractivity contribution in [1.29, 1.82) is 0 Å². The number of hydrogen-bond acceptors (Lipinski definition) is 7. The van der Waals surface area contributed by atoms with Crippen LogP contribution in [0.3, 0.4) is 0 Å². The molecule has 2 aliphatic heterocycles. The predicted molar refractivity (Wildman–Crippen MR) is 132 cm³/mol. The molecule has 1 unspecified atom stereocenters. The van der Waals surface area contributed by atoms with Crippen molar-refractivity contribution in [2.24, 2.45) is 21.8 Å². The number of imide groups is 1. The van der Waals surface area contributed by atoms with Crippen molar-refractivity contribution in [3.63, 3.8) is 0 Å². The van der Waals surface area contributed by atoms with Gasteiger partial charge in [0.05, 0.1) is 19.8 Å². The van der Waals surface area contributed by atoms with E-state index in [1.807, 2.05) is 0 Å². The van der Waals surface area contributed by atoms with E-state index >= 15 is 0 Å². The summed E-state index contributed by atoms with van der Waals surface area (Å²) >= 11 is 1.18. The highest BCUT2D eigenvalue weighted by Crippen LogP contribution is 2.32. The topological polar surface area (TPSA) is 123 Å². The number of carbonyl (C=O) groups excluding carboxylic acids is 4. The van der Waals surface area contributed by atoms with Crippen LogP contribution in [0.1, 0.15) is 32.6 Å². The Balaban J connectivity index is 1.53. The second-order valence-electron chi connectivity index (χ2n) is 8.53. The van der Waals surface area contributed by atoms with E-state index in [9.17, 15) is 19.2 Å². The van der Waals surface area contributed by atoms with Crippen LogP contribution in [-0.4, -0.2) is 69.8 Å². The highest BCUT2D eigenvalue weighted by atomic mass is 32.2. The summed E-state index contributed by atoms with van der Waals surface area (Å²) < 4.78 is 1.39. The van der Waals surface area contributed by atoms with Crippen molar-refractivity contribution in [3.8, 4) is 0 Å². The fraction of sp³-hybridized carbons (Fsp3) is 0.435. The van der Waals surface area contributed by atoms with Crippen LogP contribution >= 0.6 is 11.8 Å². The second kappa shape index (κ2) is 9.88. The van der Waals surface area contributed by atoms with Crippen LogP contribution in [0.4, 0.5) is 16.2 Å². The monoisotopic (exact) mass is 483 g/mol. The van der Waals surface area contributed by atoms with Crippen molar-refractivity contribution in [2.45, 2.75) is 32.6 Å². The van der Waals surface area contributed by atoms with Gasteiger partial charge in [0.25, 0.3) is 5.84 Å². The molecule has 0 spiro atoms. The molecule has 3 aliphatic rings. The standard InChI is InChI=1S/C23H26N6O4S/c1-13(30)24-15-9-6-10-16(11-15)25-17(31)12-34-21-18-20(28(2)23(33)29(3)22(18)32)26-19(27-21)14-7-4-5-8-14/h6,9-11,14,18H,4-5,7-8,12H2,1-3H3,(H-,24,25,30,31)/p+1. The number of benzene rings is 1. The Morgan fingerprint density at radius 1 is 1.15 bits per heavy atom. The Hall–Kier alpha value is -3.34. The number of hydrogen-bond donors (Lipinski definition) is 2. The second-order valence-corrected chi connectivity index (χ2v) is 9.53. The zero-order chi connectivity index (χ0) is 24.4. The number of aliphatic imine (C=N–C) groups is 2. The van der Waals surface area contributed by atoms with Gasteiger partial charge >= 0.3 is 11.9 Å². The van der Waals surface area contributed by atoms with Crippen molar-refractivity contribution in [2.75, 3.05) is 30.5 Å². The molecule has 4 rings (SSSR count). The van der Waals surface area contributed by atoms with Gasteiger partial charge in [-0.2, -0.15) is 9.48 Å². The first-order valence-corrected chi connectivity index (χ1v) is 12.1. The molecule has 0 saturated heterocycles. The normalized spacial score (nSPS) is 20.7. The van der Waals surface area contributed by atoms with Gasteiger partial charge in [0, 0.05) is 24.2 Å². The summed E-state index contributed by atoms with van der Waals surface area (Å²) in [6.07, 6.45) is 4.12. The van der Waals surface area contributed by atoms with Crippen LogP contribution in [0, 0.1) is 11.8 Å². The van der Waals surface area contributed by atoms with Gasteiger partial charge in [-0.3, -0.25) is 14.4 Å². The number of nitrogens with one attached hydrogen (secondary N) is 2. The van der Waals surface area contributed by atoms with E-state index in [0.717, 1.165) is 30.6 Å². The highest BCUT2D eigenvalue weighted by Gasteiger charge is 2.49. The maximum absolute atomic E-state index is 13.0. The number of amides is 5. The first-order chi connectivity index (χ1) is 16.2. The summed E-state index contributed by atoms with van der Waals surface area (Å²) in [4.78, 5) is 59.8. The van der Waals surface area contributed by atoms with Gasteiger partial charge in [-0.1, -0.05) is 35.7 Å². The van der Waals surface area contributed by atoms with E-state index in [1.54, 1.807) is 31.3 Å². The number of nitrogens with zero attached hydrogens (tertiary/aromatic N) is 4. The van der Waals surface area contributed by atoms with Crippen LogP contribution < -0.4 is 10.6 Å². The summed E-state index contributed by atoms with van der Waals surface area (Å²) in [6, 6.07) is 6.41. The summed E-state index contributed by atoms with van der Waals surface area (Å²) in [6.45, 7) is 1.41. The number of anilines is 2. The van der Waals surface area contributed by atoms with Gasteiger partial charge in [-0.05, 0) is 31.0 Å². The molecule has 1 aromatic carbocycles. The zero-order valence-electron chi connectivity index (χ0n) is 19.3. The Kier molecular flexibility index (Phi) is 6.92. The third kappa shape index (κ3) is 4.93. The molecule has 0 radical (unpaired) electrons. The minimum atomic E-state index is -0.807. The van der Waals surface area contributed by atoms with Crippen LogP contribution in [0.15, 0.2) is 34.3 Å². The van der Waals surface area contributed by atoms with Gasteiger partial charge in [-0.25, -0.2) is 9.79 Å². The predicted octanol–water partition coefficient (Wildman–Crippen LogP) is 2.57. The van der Waals surface area contributed by atoms with Gasteiger partial charge < -0.3 is 10.6 Å². The van der Waals surface area contributed by atoms with Gasteiger partial charge in [0.15, 0.2) is 5.92 Å². The number of fused-ring (bicyclic) bond motifs is 1. The molecule has 5 amide bonds. The molecular weight excluding hydrogens is 456 g/mol. The Labute approximate surface area is 201 Å². The fourth-order valence-electron chi connectivity index (χ4n) is 4.29. The smallest absolute Gasteiger partial charge is 0.326 e. The molecule has 1 aromatic rings. The first-order valence-electron chi connectivity index (χ1n) is 11.1. The largest absolute Gasteiger partial charge is 0.445 e. The molecule has 1 fully saturated rings. The molecule has 1 saturated carbocycles. The first kappa shape index (κ1) is 23.8. The SMILES string of the molecule is CC(=O)Nc1cccc(NC(=O)CSC2=NC(C3CCCC3)=NC3=[N+](C)C(=O)N(C)C(=O)C23)c1. The molecule has 1 aliphatic carbocycles. The number of urea groups is 1. The van der Waals surface area contributed by atoms with E-state index in [0.29, 0.717) is 28.1 Å². The van der Waals surface area contributed by atoms with E-state index in [1.165, 1.54) is 30.3 Å². The molecule has 2 heterocycles. The summed E-state index contributed by atoms with van der Waals surface area (Å²) in [7, 11) is 3.04. The zero-order valence-corrected chi connectivity index (χ0v) is 20.1. The lowest BCUT2D eigenvalue weighted by atomic mass is 10.0. The summed E-state index contributed by atoms with van der Waals surface area (Å²) in [5.74, 6) is -0.470. The number of amidine groups is 2. The van der Waals surface area contributed by atoms with E-state index in [2.05, 4.69) is 15.6 Å². The van der Waals surface area contributed by atoms with Crippen LogP contribution in [0.5, 0.6) is 0 Å². The minimum absolute atomic E-state index is 0.0274. The molecule has 10 nitrogen and oxygen atoms in total. The number of rotatable bonds is 5. The Bertz CT molecular complexity index is 1150. The van der Waals surface area contributed by atoms with E-state index < -0.39 is 17.9 Å². The molecule has 34 heavy (non-hydrogen) atoms. The Morgan fingerprint density at radius 3 is 2.50 bits per heavy atom. The molecule has 0 aromatic heterocycles. The third-order valence-electron chi connectivity index (χ3n) is 5.99. The fourth-order valence-corrected chi connectivity index (χ4v) is 5.17. The summed E-state index contributed by atoms with van der Waals surface area (Å²) in [5.41, 5.74) is 1.12. The van der Waals surface area contributed by atoms with Crippen molar-refractivity contribution >= 4 is 63.6 Å². The summed E-state index contributed by atoms with van der Waals surface area (Å²) in [5, 5.41) is 5.96. The molecule has 2 N–H and O–H groups in total. The van der Waals surface area contributed by atoms with Crippen LogP contribution in [-0.2, 0) is 14.4 Å². The highest BCUT2D eigenvalue weighted by molar-refractivity contribution is 8.14. The lowest BCUT2D eigenvalue weighted by Gasteiger charge is -2.27. The van der Waals surface area contributed by atoms with Crippen LogP contribution in [0.25, 0.3) is 0 Å². The lowest BCUT2D eigenvalue weighted by molar-refractivity contribution is -0.407. The molecule has 0 bridgehead atoms. The number of thioether (sulfide) groups is 1. The van der Waals surface area contributed by atoms with Crippen molar-refractivity contribution < 1.29 is 23.8 Å². The van der Waals surface area contributed by atoms with Gasteiger partial charge in [-0.15, -0.1) is 0 Å². The average Bonchev–Trinajstić information content (AvgIpc) is 3.34. The molecule has 178 valence electrons. The number of carbonyl (C=O) groups is 4. The van der Waals surface area contributed by atoms with E-state index in [4.69, 9.17) is 4.99 Å².